The Hall–Kier alpha value is -2.77. The quantitative estimate of drug-likeness (QED) is 0.771. The summed E-state index contributed by atoms with van der Waals surface area (Å²) in [5.74, 6) is -1.07. The van der Waals surface area contributed by atoms with Crippen LogP contribution in [-0.2, 0) is 14.4 Å². The molecule has 0 aromatic heterocycles. The summed E-state index contributed by atoms with van der Waals surface area (Å²) in [5, 5.41) is 9.10. The van der Waals surface area contributed by atoms with Crippen molar-refractivity contribution in [2.24, 2.45) is 5.92 Å². The largest absolute Gasteiger partial charge is 0.493 e. The summed E-state index contributed by atoms with van der Waals surface area (Å²) in [6, 6.07) is 6.98. The number of methoxy groups -OCH3 is 1. The van der Waals surface area contributed by atoms with Gasteiger partial charge in [0.25, 0.3) is 5.91 Å². The summed E-state index contributed by atoms with van der Waals surface area (Å²) in [6.45, 7) is 0.374. The van der Waals surface area contributed by atoms with E-state index in [1.165, 1.54) is 24.0 Å². The molecular weight excluding hydrogens is 340 g/mol. The summed E-state index contributed by atoms with van der Waals surface area (Å²) in [6.07, 6.45) is 1.22. The monoisotopic (exact) mass is 364 g/mol. The minimum Gasteiger partial charge on any atom is -0.493 e. The van der Waals surface area contributed by atoms with E-state index in [1.807, 2.05) is 0 Å². The molecule has 1 N–H and O–H groups in total. The van der Waals surface area contributed by atoms with E-state index in [0.29, 0.717) is 30.9 Å². The molecule has 1 unspecified atom stereocenters. The Labute approximate surface area is 152 Å². The molecule has 8 heteroatoms. The van der Waals surface area contributed by atoms with Gasteiger partial charge in [-0.1, -0.05) is 12.1 Å². The van der Waals surface area contributed by atoms with Gasteiger partial charge in [-0.25, -0.2) is 0 Å². The average molecular weight is 364 g/mol. The topological polar surface area (TPSA) is 96.4 Å². The van der Waals surface area contributed by atoms with Crippen molar-refractivity contribution in [3.8, 4) is 11.5 Å². The van der Waals surface area contributed by atoms with E-state index in [1.54, 1.807) is 24.3 Å². The van der Waals surface area contributed by atoms with Crippen LogP contribution in [-0.4, -0.2) is 73.1 Å². The molecule has 1 saturated heterocycles. The van der Waals surface area contributed by atoms with Crippen LogP contribution >= 0.6 is 0 Å². The summed E-state index contributed by atoms with van der Waals surface area (Å²) in [7, 11) is 3.03. The lowest BCUT2D eigenvalue weighted by Gasteiger charge is -2.32. The molecule has 2 rings (SSSR count). The molecule has 1 fully saturated rings. The third-order valence-electron chi connectivity index (χ3n) is 4.34. The van der Waals surface area contributed by atoms with Gasteiger partial charge in [0.1, 0.15) is 0 Å². The Bertz CT molecular complexity index is 663. The number of likely N-dealkylation sites (N-methyl/N-ethyl adjacent to an activating group) is 1. The van der Waals surface area contributed by atoms with Gasteiger partial charge in [0.05, 0.1) is 19.6 Å². The summed E-state index contributed by atoms with van der Waals surface area (Å²) in [5.41, 5.74) is 0. The molecule has 0 radical (unpaired) electrons. The number of ether oxygens (including phenoxy) is 2. The van der Waals surface area contributed by atoms with Crippen LogP contribution in [0.1, 0.15) is 12.8 Å². The molecule has 0 bridgehead atoms. The SMILES string of the molecule is COc1ccccc1OCC(=O)N(C)CC(=O)N1CCCC(C(=O)O)C1. The molecule has 1 aromatic carbocycles. The van der Waals surface area contributed by atoms with Crippen LogP contribution in [0, 0.1) is 5.92 Å². The van der Waals surface area contributed by atoms with Crippen molar-refractivity contribution >= 4 is 17.8 Å². The molecule has 1 aromatic rings. The number of aliphatic carboxylic acids is 1. The molecule has 1 heterocycles. The van der Waals surface area contributed by atoms with Gasteiger partial charge in [0, 0.05) is 20.1 Å². The van der Waals surface area contributed by atoms with Gasteiger partial charge in [-0.15, -0.1) is 0 Å². The van der Waals surface area contributed by atoms with Crippen LogP contribution in [0.5, 0.6) is 11.5 Å². The molecule has 1 aliphatic heterocycles. The van der Waals surface area contributed by atoms with Gasteiger partial charge in [-0.05, 0) is 25.0 Å². The van der Waals surface area contributed by atoms with E-state index < -0.39 is 11.9 Å². The highest BCUT2D eigenvalue weighted by Gasteiger charge is 2.29. The number of carboxylic acids is 1. The molecule has 26 heavy (non-hydrogen) atoms. The lowest BCUT2D eigenvalue weighted by Crippen LogP contribution is -2.47. The second-order valence-corrected chi connectivity index (χ2v) is 6.21. The molecule has 0 aliphatic carbocycles. The summed E-state index contributed by atoms with van der Waals surface area (Å²) in [4.78, 5) is 38.4. The Morgan fingerprint density at radius 3 is 2.62 bits per heavy atom. The van der Waals surface area contributed by atoms with Crippen molar-refractivity contribution in [2.75, 3.05) is 40.4 Å². The Morgan fingerprint density at radius 2 is 1.96 bits per heavy atom. The van der Waals surface area contributed by atoms with E-state index in [2.05, 4.69) is 0 Å². The minimum atomic E-state index is -0.892. The van der Waals surface area contributed by atoms with Crippen molar-refractivity contribution in [3.63, 3.8) is 0 Å². The maximum Gasteiger partial charge on any atom is 0.308 e. The van der Waals surface area contributed by atoms with E-state index in [4.69, 9.17) is 14.6 Å². The standard InChI is InChI=1S/C18H24N2O6/c1-19(11-16(21)20-9-5-6-13(10-20)18(23)24)17(22)12-26-15-8-4-3-7-14(15)25-2/h3-4,7-8,13H,5-6,9-12H2,1-2H3,(H,23,24). The first-order valence-corrected chi connectivity index (χ1v) is 8.42. The Balaban J connectivity index is 1.84. The number of carbonyl (C=O) groups excluding carboxylic acids is 2. The van der Waals surface area contributed by atoms with E-state index in [0.717, 1.165) is 0 Å². The summed E-state index contributed by atoms with van der Waals surface area (Å²) < 4.78 is 10.6. The zero-order valence-corrected chi connectivity index (χ0v) is 15.0. The first kappa shape index (κ1) is 19.6. The van der Waals surface area contributed by atoms with Crippen LogP contribution in [0.2, 0.25) is 0 Å². The highest BCUT2D eigenvalue weighted by molar-refractivity contribution is 5.85. The lowest BCUT2D eigenvalue weighted by molar-refractivity contribution is -0.147. The average Bonchev–Trinajstić information content (AvgIpc) is 2.66. The van der Waals surface area contributed by atoms with Crippen molar-refractivity contribution in [1.82, 2.24) is 9.80 Å². The fourth-order valence-electron chi connectivity index (χ4n) is 2.78. The third kappa shape index (κ3) is 5.11. The van der Waals surface area contributed by atoms with Crippen LogP contribution < -0.4 is 9.47 Å². The van der Waals surface area contributed by atoms with E-state index in [9.17, 15) is 14.4 Å². The molecule has 0 saturated carbocycles. The number of amides is 2. The van der Waals surface area contributed by atoms with Crippen LogP contribution in [0.3, 0.4) is 0 Å². The second-order valence-electron chi connectivity index (χ2n) is 6.21. The van der Waals surface area contributed by atoms with Crippen molar-refractivity contribution in [3.05, 3.63) is 24.3 Å². The predicted molar refractivity (Wildman–Crippen MR) is 93.1 cm³/mol. The number of hydrogen-bond acceptors (Lipinski definition) is 5. The third-order valence-corrected chi connectivity index (χ3v) is 4.34. The maximum absolute atomic E-state index is 12.3. The summed E-state index contributed by atoms with van der Waals surface area (Å²) >= 11 is 0. The van der Waals surface area contributed by atoms with Crippen molar-refractivity contribution in [2.45, 2.75) is 12.8 Å². The number of nitrogens with zero attached hydrogens (tertiary/aromatic N) is 2. The van der Waals surface area contributed by atoms with Crippen LogP contribution in [0.4, 0.5) is 0 Å². The number of carboxylic acid groups (broad SMARTS) is 1. The van der Waals surface area contributed by atoms with Crippen LogP contribution in [0.25, 0.3) is 0 Å². The molecule has 0 spiro atoms. The zero-order valence-electron chi connectivity index (χ0n) is 15.0. The number of para-hydroxylation sites is 2. The highest BCUT2D eigenvalue weighted by atomic mass is 16.5. The number of hydrogen-bond donors (Lipinski definition) is 1. The number of likely N-dealkylation sites (tertiary alicyclic amines) is 1. The molecule has 8 nitrogen and oxygen atoms in total. The zero-order chi connectivity index (χ0) is 19.1. The van der Waals surface area contributed by atoms with Crippen molar-refractivity contribution < 1.29 is 29.0 Å². The second kappa shape index (κ2) is 9.07. The van der Waals surface area contributed by atoms with Crippen LogP contribution in [0.15, 0.2) is 24.3 Å². The smallest absolute Gasteiger partial charge is 0.308 e. The maximum atomic E-state index is 12.3. The highest BCUT2D eigenvalue weighted by Crippen LogP contribution is 2.25. The van der Waals surface area contributed by atoms with Gasteiger partial charge >= 0.3 is 5.97 Å². The van der Waals surface area contributed by atoms with Gasteiger partial charge in [-0.3, -0.25) is 14.4 Å². The van der Waals surface area contributed by atoms with E-state index >= 15 is 0 Å². The molecule has 1 atom stereocenters. The Kier molecular flexibility index (Phi) is 6.82. The normalized spacial score (nSPS) is 16.7. The first-order chi connectivity index (χ1) is 12.4. The minimum absolute atomic E-state index is 0.111. The van der Waals surface area contributed by atoms with Crippen molar-refractivity contribution in [1.29, 1.82) is 0 Å². The number of rotatable bonds is 7. The molecule has 142 valence electrons. The van der Waals surface area contributed by atoms with E-state index in [-0.39, 0.29) is 31.5 Å². The van der Waals surface area contributed by atoms with Gasteiger partial charge < -0.3 is 24.4 Å². The van der Waals surface area contributed by atoms with Gasteiger partial charge in [0.2, 0.25) is 5.91 Å². The molecular formula is C18H24N2O6. The molecule has 2 amide bonds. The predicted octanol–water partition coefficient (Wildman–Crippen LogP) is 0.856. The number of benzene rings is 1. The number of carbonyl (C=O) groups is 3. The molecule has 1 aliphatic rings. The lowest BCUT2D eigenvalue weighted by atomic mass is 9.98. The number of piperidine rings is 1. The van der Waals surface area contributed by atoms with Gasteiger partial charge in [-0.2, -0.15) is 0 Å². The fraction of sp³-hybridized carbons (Fsp3) is 0.500. The first-order valence-electron chi connectivity index (χ1n) is 8.42. The fourth-order valence-corrected chi connectivity index (χ4v) is 2.78. The Morgan fingerprint density at radius 1 is 1.27 bits per heavy atom. The van der Waals surface area contributed by atoms with Gasteiger partial charge in [0.15, 0.2) is 18.1 Å².